The van der Waals surface area contributed by atoms with Gasteiger partial charge in [0.25, 0.3) is 0 Å². The molecule has 0 saturated heterocycles. The molecule has 7 heteroatoms. The summed E-state index contributed by atoms with van der Waals surface area (Å²) < 4.78 is 36.1. The number of hydrogen-bond donors (Lipinski definition) is 1. The molecule has 0 atom stereocenters. The Morgan fingerprint density at radius 3 is 2.76 bits per heavy atom. The molecule has 4 nitrogen and oxygen atoms in total. The summed E-state index contributed by atoms with van der Waals surface area (Å²) >= 11 is 0. The Labute approximate surface area is 94.9 Å². The van der Waals surface area contributed by atoms with Gasteiger partial charge in [-0.2, -0.15) is 18.2 Å². The van der Waals surface area contributed by atoms with E-state index in [0.29, 0.717) is 16.3 Å². The average Bonchev–Trinajstić information content (AvgIpc) is 2.26. The molecule has 17 heavy (non-hydrogen) atoms. The van der Waals surface area contributed by atoms with Crippen LogP contribution in [0.25, 0.3) is 0 Å². The first kappa shape index (κ1) is 11.7. The number of halogens is 3. The van der Waals surface area contributed by atoms with E-state index < -0.39 is 18.8 Å². The lowest BCUT2D eigenvalue weighted by Crippen LogP contribution is -2.45. The van der Waals surface area contributed by atoms with Crippen molar-refractivity contribution in [2.24, 2.45) is 0 Å². The monoisotopic (exact) mass is 246 g/mol. The summed E-state index contributed by atoms with van der Waals surface area (Å²) in [5.41, 5.74) is 1.04. The zero-order chi connectivity index (χ0) is 12.5. The predicted octanol–water partition coefficient (Wildman–Crippen LogP) is 2.21. The summed E-state index contributed by atoms with van der Waals surface area (Å²) in [7, 11) is 0. The summed E-state index contributed by atoms with van der Waals surface area (Å²) in [4.78, 5) is 15.9. The third kappa shape index (κ3) is 2.68. The number of anilines is 1. The lowest BCUT2D eigenvalue weighted by Gasteiger charge is -2.28. The number of alkyl halides is 3. The average molecular weight is 246 g/mol. The second-order valence-electron chi connectivity index (χ2n) is 3.47. The topological polar surface area (TPSA) is 41.6 Å². The Morgan fingerprint density at radius 2 is 2.06 bits per heavy atom. The van der Waals surface area contributed by atoms with Crippen molar-refractivity contribution in [1.29, 1.82) is 0 Å². The molecular weight excluding hydrogens is 237 g/mol. The standard InChI is InChI=1S/C10H9F3N2O2/c11-10(12,13)6-17-15-8-4-2-1-3-7(8)5-14-9(15)16/h1-4H,5-6H2,(H,14,16). The molecule has 0 spiro atoms. The molecule has 0 aliphatic carbocycles. The number of nitrogens with one attached hydrogen (secondary N) is 1. The minimum absolute atomic E-state index is 0.279. The van der Waals surface area contributed by atoms with E-state index in [-0.39, 0.29) is 6.54 Å². The number of fused-ring (bicyclic) bond motifs is 1. The summed E-state index contributed by atoms with van der Waals surface area (Å²) in [6.45, 7) is -1.23. The fraction of sp³-hybridized carbons (Fsp3) is 0.300. The van der Waals surface area contributed by atoms with Crippen LogP contribution in [-0.2, 0) is 11.4 Å². The Bertz CT molecular complexity index is 434. The number of urea groups is 1. The Hall–Kier alpha value is -1.76. The molecule has 0 saturated carbocycles. The number of rotatable bonds is 2. The quantitative estimate of drug-likeness (QED) is 0.869. The number of hydrogen-bond acceptors (Lipinski definition) is 2. The molecule has 0 fully saturated rings. The third-order valence-corrected chi connectivity index (χ3v) is 2.18. The Morgan fingerprint density at radius 1 is 1.35 bits per heavy atom. The minimum atomic E-state index is -4.48. The van der Waals surface area contributed by atoms with Crippen LogP contribution in [0.2, 0.25) is 0 Å². The van der Waals surface area contributed by atoms with Crippen LogP contribution in [-0.4, -0.2) is 18.8 Å². The van der Waals surface area contributed by atoms with E-state index in [1.54, 1.807) is 18.2 Å². The van der Waals surface area contributed by atoms with E-state index in [1.165, 1.54) is 6.07 Å². The van der Waals surface area contributed by atoms with Gasteiger partial charge in [0.1, 0.15) is 0 Å². The van der Waals surface area contributed by atoms with Crippen molar-refractivity contribution in [3.8, 4) is 0 Å². The SMILES string of the molecule is O=C1NCc2ccccc2N1OCC(F)(F)F. The fourth-order valence-corrected chi connectivity index (χ4v) is 1.48. The van der Waals surface area contributed by atoms with Crippen LogP contribution in [0.3, 0.4) is 0 Å². The molecule has 0 radical (unpaired) electrons. The number of nitrogens with zero attached hydrogens (tertiary/aromatic N) is 1. The van der Waals surface area contributed by atoms with Crippen molar-refractivity contribution < 1.29 is 22.8 Å². The zero-order valence-corrected chi connectivity index (χ0v) is 8.62. The van der Waals surface area contributed by atoms with Gasteiger partial charge in [0.05, 0.1) is 5.69 Å². The summed E-state index contributed by atoms with van der Waals surface area (Å²) in [5.74, 6) is 0. The van der Waals surface area contributed by atoms with Crippen LogP contribution in [0.15, 0.2) is 24.3 Å². The van der Waals surface area contributed by atoms with Crippen molar-refractivity contribution in [2.45, 2.75) is 12.7 Å². The van der Waals surface area contributed by atoms with Crippen LogP contribution < -0.4 is 10.4 Å². The van der Waals surface area contributed by atoms with Gasteiger partial charge in [0, 0.05) is 6.54 Å². The molecule has 2 amide bonds. The van der Waals surface area contributed by atoms with E-state index in [0.717, 1.165) is 0 Å². The maximum absolute atomic E-state index is 12.0. The maximum Gasteiger partial charge on any atom is 0.414 e. The molecule has 1 heterocycles. The first-order valence-corrected chi connectivity index (χ1v) is 4.83. The van der Waals surface area contributed by atoms with Crippen molar-refractivity contribution in [3.05, 3.63) is 29.8 Å². The van der Waals surface area contributed by atoms with E-state index in [9.17, 15) is 18.0 Å². The van der Waals surface area contributed by atoms with Gasteiger partial charge in [-0.1, -0.05) is 18.2 Å². The molecule has 0 aromatic heterocycles. The van der Waals surface area contributed by atoms with E-state index in [2.05, 4.69) is 10.2 Å². The van der Waals surface area contributed by atoms with Gasteiger partial charge in [0.2, 0.25) is 0 Å². The van der Waals surface area contributed by atoms with Gasteiger partial charge in [-0.15, -0.1) is 0 Å². The molecule has 92 valence electrons. The van der Waals surface area contributed by atoms with E-state index >= 15 is 0 Å². The second-order valence-corrected chi connectivity index (χ2v) is 3.47. The first-order chi connectivity index (χ1) is 7.97. The maximum atomic E-state index is 12.0. The van der Waals surface area contributed by atoms with E-state index in [4.69, 9.17) is 0 Å². The molecule has 1 aliphatic rings. The minimum Gasteiger partial charge on any atom is -0.332 e. The van der Waals surface area contributed by atoms with Gasteiger partial charge >= 0.3 is 12.2 Å². The molecule has 0 unspecified atom stereocenters. The van der Waals surface area contributed by atoms with Gasteiger partial charge in [-0.05, 0) is 11.6 Å². The number of hydroxylamine groups is 1. The highest BCUT2D eigenvalue weighted by molar-refractivity contribution is 5.92. The second kappa shape index (κ2) is 4.25. The predicted molar refractivity (Wildman–Crippen MR) is 53.2 cm³/mol. The third-order valence-electron chi connectivity index (χ3n) is 2.18. The van der Waals surface area contributed by atoms with Crippen molar-refractivity contribution in [3.63, 3.8) is 0 Å². The van der Waals surface area contributed by atoms with Crippen LogP contribution in [0.4, 0.5) is 23.7 Å². The van der Waals surface area contributed by atoms with Gasteiger partial charge < -0.3 is 5.32 Å². The smallest absolute Gasteiger partial charge is 0.332 e. The van der Waals surface area contributed by atoms with Gasteiger partial charge in [-0.25, -0.2) is 4.79 Å². The molecule has 2 rings (SSSR count). The van der Waals surface area contributed by atoms with Crippen LogP contribution in [0, 0.1) is 0 Å². The van der Waals surface area contributed by atoms with Crippen LogP contribution in [0.1, 0.15) is 5.56 Å². The summed E-state index contributed by atoms with van der Waals surface area (Å²) in [5, 5.41) is 3.05. The summed E-state index contributed by atoms with van der Waals surface area (Å²) in [6.07, 6.45) is -4.48. The molecule has 1 aromatic carbocycles. The number of benzene rings is 1. The lowest BCUT2D eigenvalue weighted by atomic mass is 10.1. The highest BCUT2D eigenvalue weighted by Gasteiger charge is 2.32. The van der Waals surface area contributed by atoms with Gasteiger partial charge in [-0.3, -0.25) is 4.84 Å². The highest BCUT2D eigenvalue weighted by atomic mass is 19.4. The number of amides is 2. The molecular formula is C10H9F3N2O2. The normalized spacial score (nSPS) is 15.5. The molecule has 1 aromatic rings. The van der Waals surface area contributed by atoms with E-state index in [1.807, 2.05) is 0 Å². The first-order valence-electron chi connectivity index (χ1n) is 4.83. The Balaban J connectivity index is 2.18. The van der Waals surface area contributed by atoms with Crippen LogP contribution >= 0.6 is 0 Å². The summed E-state index contributed by atoms with van der Waals surface area (Å²) in [6, 6.07) is 5.90. The van der Waals surface area contributed by atoms with Crippen molar-refractivity contribution in [1.82, 2.24) is 5.32 Å². The Kier molecular flexibility index (Phi) is 2.93. The molecule has 1 aliphatic heterocycles. The number of carbonyl (C=O) groups is 1. The van der Waals surface area contributed by atoms with Crippen molar-refractivity contribution in [2.75, 3.05) is 11.7 Å². The van der Waals surface area contributed by atoms with Crippen molar-refractivity contribution >= 4 is 11.7 Å². The number of para-hydroxylation sites is 1. The largest absolute Gasteiger partial charge is 0.414 e. The molecule has 0 bridgehead atoms. The fourth-order valence-electron chi connectivity index (χ4n) is 1.48. The zero-order valence-electron chi connectivity index (χ0n) is 8.62. The highest BCUT2D eigenvalue weighted by Crippen LogP contribution is 2.25. The van der Waals surface area contributed by atoms with Gasteiger partial charge in [0.15, 0.2) is 6.61 Å². The lowest BCUT2D eigenvalue weighted by molar-refractivity contribution is -0.174. The molecule has 1 N–H and O–H groups in total. The van der Waals surface area contributed by atoms with Crippen LogP contribution in [0.5, 0.6) is 0 Å². The number of carbonyl (C=O) groups excluding carboxylic acids is 1.